The number of hydrogen-bond donors (Lipinski definition) is 1. The quantitative estimate of drug-likeness (QED) is 0.906. The molecule has 1 saturated heterocycles. The molecule has 2 unspecified atom stereocenters. The summed E-state index contributed by atoms with van der Waals surface area (Å²) in [5.41, 5.74) is 7.48. The van der Waals surface area contributed by atoms with Crippen molar-refractivity contribution in [2.75, 3.05) is 19.6 Å². The molecule has 3 nitrogen and oxygen atoms in total. The van der Waals surface area contributed by atoms with E-state index in [0.29, 0.717) is 6.54 Å². The van der Waals surface area contributed by atoms with Crippen LogP contribution in [0.25, 0.3) is 0 Å². The lowest BCUT2D eigenvalue weighted by Crippen LogP contribution is -2.62. The van der Waals surface area contributed by atoms with Gasteiger partial charge in [0, 0.05) is 25.2 Å². The van der Waals surface area contributed by atoms with Crippen LogP contribution in [0.1, 0.15) is 39.7 Å². The Morgan fingerprint density at radius 1 is 1.33 bits per heavy atom. The SMILES string of the molecule is CC1CN(C(C)(CN)CCc2ccccc2)CC(C)(C)O1. The number of nitrogens with two attached hydrogens (primary N) is 1. The second kappa shape index (κ2) is 6.47. The standard InChI is InChI=1S/C18H30N2O/c1-15-12-20(14-17(2,3)21-15)18(4,13-19)11-10-16-8-6-5-7-9-16/h5-9,15H,10-14,19H2,1-4H3. The molecule has 1 heterocycles. The van der Waals surface area contributed by atoms with Crippen molar-refractivity contribution in [3.05, 3.63) is 35.9 Å². The number of nitrogens with zero attached hydrogens (tertiary/aromatic N) is 1. The number of ether oxygens (including phenoxy) is 1. The smallest absolute Gasteiger partial charge is 0.0757 e. The maximum absolute atomic E-state index is 6.15. The highest BCUT2D eigenvalue weighted by Crippen LogP contribution is 2.29. The minimum Gasteiger partial charge on any atom is -0.370 e. The molecule has 0 radical (unpaired) electrons. The van der Waals surface area contributed by atoms with Gasteiger partial charge in [-0.3, -0.25) is 4.90 Å². The number of aryl methyl sites for hydroxylation is 1. The van der Waals surface area contributed by atoms with Crippen molar-refractivity contribution in [1.82, 2.24) is 4.90 Å². The maximum Gasteiger partial charge on any atom is 0.0757 e. The molecule has 3 heteroatoms. The third-order valence-electron chi connectivity index (χ3n) is 4.57. The van der Waals surface area contributed by atoms with E-state index in [9.17, 15) is 0 Å². The van der Waals surface area contributed by atoms with E-state index in [1.54, 1.807) is 0 Å². The molecule has 1 fully saturated rings. The van der Waals surface area contributed by atoms with Crippen LogP contribution in [0.4, 0.5) is 0 Å². The summed E-state index contributed by atoms with van der Waals surface area (Å²) in [6.07, 6.45) is 2.41. The van der Waals surface area contributed by atoms with E-state index < -0.39 is 0 Å². The van der Waals surface area contributed by atoms with Crippen LogP contribution in [0, 0.1) is 0 Å². The molecule has 0 spiro atoms. The number of rotatable bonds is 5. The minimum absolute atomic E-state index is 0.0329. The van der Waals surface area contributed by atoms with Gasteiger partial charge in [0.1, 0.15) is 0 Å². The van der Waals surface area contributed by atoms with E-state index in [2.05, 4.69) is 62.9 Å². The molecule has 0 aromatic heterocycles. The van der Waals surface area contributed by atoms with E-state index in [1.807, 2.05) is 0 Å². The average molecular weight is 290 g/mol. The molecule has 2 rings (SSSR count). The summed E-state index contributed by atoms with van der Waals surface area (Å²) in [5.74, 6) is 0. The third-order valence-corrected chi connectivity index (χ3v) is 4.57. The summed E-state index contributed by atoms with van der Waals surface area (Å²) in [4.78, 5) is 2.53. The van der Waals surface area contributed by atoms with Gasteiger partial charge in [-0.1, -0.05) is 30.3 Å². The van der Waals surface area contributed by atoms with Crippen molar-refractivity contribution in [2.24, 2.45) is 5.73 Å². The molecule has 0 aliphatic carbocycles. The molecule has 1 aliphatic rings. The number of hydrogen-bond acceptors (Lipinski definition) is 3. The first-order valence-electron chi connectivity index (χ1n) is 8.01. The van der Waals surface area contributed by atoms with Crippen LogP contribution in [-0.4, -0.2) is 41.8 Å². The summed E-state index contributed by atoms with van der Waals surface area (Å²) in [7, 11) is 0. The Kier molecular flexibility index (Phi) is 5.07. The van der Waals surface area contributed by atoms with Crippen molar-refractivity contribution < 1.29 is 4.74 Å². The summed E-state index contributed by atoms with van der Waals surface area (Å²) < 4.78 is 6.02. The molecule has 1 aromatic carbocycles. The largest absolute Gasteiger partial charge is 0.370 e. The average Bonchev–Trinajstić information content (AvgIpc) is 2.44. The van der Waals surface area contributed by atoms with E-state index in [1.165, 1.54) is 5.56 Å². The van der Waals surface area contributed by atoms with Gasteiger partial charge >= 0.3 is 0 Å². The highest BCUT2D eigenvalue weighted by molar-refractivity contribution is 5.15. The second-order valence-electron chi connectivity index (χ2n) is 7.26. The Morgan fingerprint density at radius 3 is 2.57 bits per heavy atom. The summed E-state index contributed by atoms with van der Waals surface area (Å²) in [5, 5.41) is 0. The van der Waals surface area contributed by atoms with Crippen LogP contribution >= 0.6 is 0 Å². The lowest BCUT2D eigenvalue weighted by Gasteiger charge is -2.50. The lowest BCUT2D eigenvalue weighted by atomic mass is 9.88. The van der Waals surface area contributed by atoms with Gasteiger partial charge in [0.05, 0.1) is 11.7 Å². The Labute approximate surface area is 129 Å². The molecule has 0 bridgehead atoms. The first-order valence-corrected chi connectivity index (χ1v) is 8.01. The molecule has 2 atom stereocenters. The van der Waals surface area contributed by atoms with Crippen LogP contribution in [-0.2, 0) is 11.2 Å². The zero-order valence-electron chi connectivity index (χ0n) is 13.9. The molecule has 1 aliphatic heterocycles. The molecule has 118 valence electrons. The predicted octanol–water partition coefficient (Wildman–Crippen LogP) is 2.84. The fourth-order valence-electron chi connectivity index (χ4n) is 3.31. The maximum atomic E-state index is 6.15. The van der Waals surface area contributed by atoms with Crippen LogP contribution in [0.2, 0.25) is 0 Å². The molecule has 1 aromatic rings. The highest BCUT2D eigenvalue weighted by Gasteiger charge is 2.39. The highest BCUT2D eigenvalue weighted by atomic mass is 16.5. The number of morpholine rings is 1. The first kappa shape index (κ1) is 16.5. The van der Waals surface area contributed by atoms with Crippen LogP contribution in [0.15, 0.2) is 30.3 Å². The fourth-order valence-corrected chi connectivity index (χ4v) is 3.31. The van der Waals surface area contributed by atoms with Gasteiger partial charge in [0.15, 0.2) is 0 Å². The summed E-state index contributed by atoms with van der Waals surface area (Å²) in [6.45, 7) is 11.4. The van der Waals surface area contributed by atoms with Crippen LogP contribution in [0.3, 0.4) is 0 Å². The predicted molar refractivity (Wildman–Crippen MR) is 88.4 cm³/mol. The van der Waals surface area contributed by atoms with Crippen molar-refractivity contribution in [2.45, 2.75) is 57.8 Å². The number of benzene rings is 1. The molecule has 0 amide bonds. The summed E-state index contributed by atoms with van der Waals surface area (Å²) >= 11 is 0. The zero-order chi connectivity index (χ0) is 15.5. The molecule has 21 heavy (non-hydrogen) atoms. The van der Waals surface area contributed by atoms with Crippen molar-refractivity contribution in [1.29, 1.82) is 0 Å². The van der Waals surface area contributed by atoms with Gasteiger partial charge in [0.25, 0.3) is 0 Å². The van der Waals surface area contributed by atoms with Gasteiger partial charge in [-0.15, -0.1) is 0 Å². The molecule has 2 N–H and O–H groups in total. The minimum atomic E-state index is -0.0964. The van der Waals surface area contributed by atoms with Crippen molar-refractivity contribution in [3.63, 3.8) is 0 Å². The van der Waals surface area contributed by atoms with Crippen molar-refractivity contribution >= 4 is 0 Å². The Balaban J connectivity index is 2.05. The molecular formula is C18H30N2O. The van der Waals surface area contributed by atoms with Gasteiger partial charge < -0.3 is 10.5 Å². The Hall–Kier alpha value is -0.900. The lowest BCUT2D eigenvalue weighted by molar-refractivity contribution is -0.151. The van der Waals surface area contributed by atoms with Gasteiger partial charge in [-0.25, -0.2) is 0 Å². The van der Waals surface area contributed by atoms with Gasteiger partial charge in [-0.05, 0) is 46.1 Å². The molecule has 0 saturated carbocycles. The van der Waals surface area contributed by atoms with E-state index in [0.717, 1.165) is 25.9 Å². The van der Waals surface area contributed by atoms with E-state index in [4.69, 9.17) is 10.5 Å². The zero-order valence-corrected chi connectivity index (χ0v) is 13.9. The summed E-state index contributed by atoms with van der Waals surface area (Å²) in [6, 6.07) is 10.7. The monoisotopic (exact) mass is 290 g/mol. The van der Waals surface area contributed by atoms with E-state index in [-0.39, 0.29) is 17.2 Å². The normalized spacial score (nSPS) is 25.5. The topological polar surface area (TPSA) is 38.5 Å². The van der Waals surface area contributed by atoms with Crippen LogP contribution < -0.4 is 5.73 Å². The molecular weight excluding hydrogens is 260 g/mol. The second-order valence-corrected chi connectivity index (χ2v) is 7.26. The Morgan fingerprint density at radius 2 is 2.00 bits per heavy atom. The van der Waals surface area contributed by atoms with Gasteiger partial charge in [-0.2, -0.15) is 0 Å². The van der Waals surface area contributed by atoms with Crippen molar-refractivity contribution in [3.8, 4) is 0 Å². The third kappa shape index (κ3) is 4.29. The fraction of sp³-hybridized carbons (Fsp3) is 0.667. The Bertz CT molecular complexity index is 446. The van der Waals surface area contributed by atoms with Crippen LogP contribution in [0.5, 0.6) is 0 Å². The van der Waals surface area contributed by atoms with E-state index >= 15 is 0 Å². The first-order chi connectivity index (χ1) is 9.85. The van der Waals surface area contributed by atoms with Gasteiger partial charge in [0.2, 0.25) is 0 Å².